The van der Waals surface area contributed by atoms with Crippen LogP contribution in [0.1, 0.15) is 30.1 Å². The highest BCUT2D eigenvalue weighted by Gasteiger charge is 2.17. The first kappa shape index (κ1) is 14.1. The summed E-state index contributed by atoms with van der Waals surface area (Å²) in [6, 6.07) is 2.44. The number of pyridine rings is 1. The molecule has 0 fully saturated rings. The van der Waals surface area contributed by atoms with E-state index in [9.17, 15) is 14.0 Å². The van der Waals surface area contributed by atoms with E-state index in [1.165, 1.54) is 11.0 Å². The Balaban J connectivity index is 2.80. The van der Waals surface area contributed by atoms with E-state index in [1.54, 1.807) is 0 Å². The van der Waals surface area contributed by atoms with Crippen LogP contribution in [-0.4, -0.2) is 34.8 Å². The molecule has 98 valence electrons. The highest BCUT2D eigenvalue weighted by atomic mass is 19.1. The van der Waals surface area contributed by atoms with Gasteiger partial charge in [0.1, 0.15) is 0 Å². The number of carbonyl (C=O) groups excluding carboxylic acids is 2. The SMILES string of the molecule is CCCCN(CC(N)=O)C(=O)c1ccc(F)nc1. The van der Waals surface area contributed by atoms with Gasteiger partial charge in [0, 0.05) is 12.7 Å². The number of hydrogen-bond donors (Lipinski definition) is 1. The van der Waals surface area contributed by atoms with Gasteiger partial charge in [-0.1, -0.05) is 13.3 Å². The largest absolute Gasteiger partial charge is 0.368 e. The topological polar surface area (TPSA) is 76.3 Å². The fourth-order valence-corrected chi connectivity index (χ4v) is 1.47. The van der Waals surface area contributed by atoms with Crippen LogP contribution in [0, 0.1) is 5.95 Å². The number of amides is 2. The van der Waals surface area contributed by atoms with Gasteiger partial charge in [-0.15, -0.1) is 0 Å². The number of nitrogens with zero attached hydrogens (tertiary/aromatic N) is 2. The van der Waals surface area contributed by atoms with Crippen molar-refractivity contribution < 1.29 is 14.0 Å². The second-order valence-corrected chi connectivity index (χ2v) is 3.92. The van der Waals surface area contributed by atoms with Crippen molar-refractivity contribution in [1.29, 1.82) is 0 Å². The number of carbonyl (C=O) groups is 2. The summed E-state index contributed by atoms with van der Waals surface area (Å²) in [7, 11) is 0. The molecule has 0 spiro atoms. The van der Waals surface area contributed by atoms with Crippen molar-refractivity contribution in [3.63, 3.8) is 0 Å². The van der Waals surface area contributed by atoms with Crippen molar-refractivity contribution in [3.05, 3.63) is 29.8 Å². The van der Waals surface area contributed by atoms with E-state index < -0.39 is 11.9 Å². The Morgan fingerprint density at radius 2 is 2.17 bits per heavy atom. The second kappa shape index (κ2) is 6.68. The lowest BCUT2D eigenvalue weighted by Crippen LogP contribution is -2.39. The van der Waals surface area contributed by atoms with Crippen LogP contribution in [0.4, 0.5) is 4.39 Å². The van der Waals surface area contributed by atoms with Crippen LogP contribution >= 0.6 is 0 Å². The molecule has 2 amide bonds. The second-order valence-electron chi connectivity index (χ2n) is 3.92. The molecule has 0 unspecified atom stereocenters. The van der Waals surface area contributed by atoms with E-state index in [0.717, 1.165) is 25.1 Å². The molecule has 5 nitrogen and oxygen atoms in total. The molecule has 0 saturated heterocycles. The van der Waals surface area contributed by atoms with Gasteiger partial charge in [-0.25, -0.2) is 4.98 Å². The third kappa shape index (κ3) is 4.12. The van der Waals surface area contributed by atoms with E-state index in [4.69, 9.17) is 5.73 Å². The van der Waals surface area contributed by atoms with Crippen molar-refractivity contribution in [2.24, 2.45) is 5.73 Å². The van der Waals surface area contributed by atoms with Crippen molar-refractivity contribution >= 4 is 11.8 Å². The number of hydrogen-bond acceptors (Lipinski definition) is 3. The Bertz CT molecular complexity index is 420. The molecular weight excluding hydrogens is 237 g/mol. The van der Waals surface area contributed by atoms with Gasteiger partial charge in [0.25, 0.3) is 5.91 Å². The molecule has 0 radical (unpaired) electrons. The molecule has 1 aromatic rings. The normalized spacial score (nSPS) is 10.1. The molecule has 0 atom stereocenters. The van der Waals surface area contributed by atoms with Gasteiger partial charge in [-0.3, -0.25) is 9.59 Å². The first-order valence-electron chi connectivity index (χ1n) is 5.73. The summed E-state index contributed by atoms with van der Waals surface area (Å²) in [5, 5.41) is 0. The Labute approximate surface area is 105 Å². The lowest BCUT2D eigenvalue weighted by Gasteiger charge is -2.20. The number of unbranched alkanes of at least 4 members (excludes halogenated alkanes) is 1. The summed E-state index contributed by atoms with van der Waals surface area (Å²) < 4.78 is 12.7. The molecule has 0 aliphatic carbocycles. The quantitative estimate of drug-likeness (QED) is 0.767. The number of aromatic nitrogens is 1. The first-order valence-corrected chi connectivity index (χ1v) is 5.73. The summed E-state index contributed by atoms with van der Waals surface area (Å²) >= 11 is 0. The zero-order chi connectivity index (χ0) is 13.5. The predicted octanol–water partition coefficient (Wildman–Crippen LogP) is 0.948. The molecule has 6 heteroatoms. The van der Waals surface area contributed by atoms with Gasteiger partial charge in [0.15, 0.2) is 0 Å². The number of primary amides is 1. The highest BCUT2D eigenvalue weighted by molar-refractivity contribution is 5.96. The minimum atomic E-state index is -0.651. The average Bonchev–Trinajstić information content (AvgIpc) is 2.34. The van der Waals surface area contributed by atoms with Crippen LogP contribution in [0.15, 0.2) is 18.3 Å². The van der Waals surface area contributed by atoms with Crippen LogP contribution in [0.25, 0.3) is 0 Å². The van der Waals surface area contributed by atoms with E-state index in [-0.39, 0.29) is 18.0 Å². The third-order valence-corrected chi connectivity index (χ3v) is 2.39. The predicted molar refractivity (Wildman–Crippen MR) is 64.2 cm³/mol. The van der Waals surface area contributed by atoms with Crippen LogP contribution in [-0.2, 0) is 4.79 Å². The smallest absolute Gasteiger partial charge is 0.255 e. The molecule has 0 aliphatic rings. The average molecular weight is 253 g/mol. The van der Waals surface area contributed by atoms with Gasteiger partial charge in [0.05, 0.1) is 12.1 Å². The zero-order valence-corrected chi connectivity index (χ0v) is 10.2. The summed E-state index contributed by atoms with van der Waals surface area (Å²) in [6.07, 6.45) is 2.81. The van der Waals surface area contributed by atoms with Crippen LogP contribution in [0.3, 0.4) is 0 Å². The molecule has 18 heavy (non-hydrogen) atoms. The summed E-state index contributed by atoms with van der Waals surface area (Å²) in [4.78, 5) is 27.7. The Hall–Kier alpha value is -1.98. The molecule has 0 aliphatic heterocycles. The molecule has 1 heterocycles. The molecule has 1 aromatic heterocycles. The van der Waals surface area contributed by atoms with Crippen LogP contribution < -0.4 is 5.73 Å². The molecule has 0 bridgehead atoms. The molecule has 1 rings (SSSR count). The fourth-order valence-electron chi connectivity index (χ4n) is 1.47. The van der Waals surface area contributed by atoms with E-state index in [1.807, 2.05) is 6.92 Å². The van der Waals surface area contributed by atoms with E-state index >= 15 is 0 Å². The number of rotatable bonds is 6. The van der Waals surface area contributed by atoms with Crippen molar-refractivity contribution in [3.8, 4) is 0 Å². The maximum Gasteiger partial charge on any atom is 0.255 e. The van der Waals surface area contributed by atoms with Gasteiger partial charge in [-0.05, 0) is 18.6 Å². The summed E-state index contributed by atoms with van der Waals surface area (Å²) in [5.41, 5.74) is 5.34. The Kier molecular flexibility index (Phi) is 5.23. The monoisotopic (exact) mass is 253 g/mol. The third-order valence-electron chi connectivity index (χ3n) is 2.39. The molecule has 0 saturated carbocycles. The Morgan fingerprint density at radius 3 is 2.67 bits per heavy atom. The maximum atomic E-state index is 12.7. The van der Waals surface area contributed by atoms with Crippen molar-refractivity contribution in [2.45, 2.75) is 19.8 Å². The molecule has 2 N–H and O–H groups in total. The fraction of sp³-hybridized carbons (Fsp3) is 0.417. The summed E-state index contributed by atoms with van der Waals surface area (Å²) in [5.74, 6) is -1.59. The molecule has 0 aromatic carbocycles. The van der Waals surface area contributed by atoms with Crippen LogP contribution in [0.5, 0.6) is 0 Å². The lowest BCUT2D eigenvalue weighted by molar-refractivity contribution is -0.118. The standard InChI is InChI=1S/C12H16FN3O2/c1-2-3-6-16(8-11(14)17)12(18)9-4-5-10(13)15-7-9/h4-5,7H,2-3,6,8H2,1H3,(H2,14,17). The summed E-state index contributed by atoms with van der Waals surface area (Å²) in [6.45, 7) is 2.28. The first-order chi connectivity index (χ1) is 8.54. The van der Waals surface area contributed by atoms with Gasteiger partial charge >= 0.3 is 0 Å². The van der Waals surface area contributed by atoms with E-state index in [0.29, 0.717) is 6.54 Å². The number of nitrogens with two attached hydrogens (primary N) is 1. The van der Waals surface area contributed by atoms with Gasteiger partial charge in [-0.2, -0.15) is 4.39 Å². The van der Waals surface area contributed by atoms with E-state index in [2.05, 4.69) is 4.98 Å². The van der Waals surface area contributed by atoms with Crippen molar-refractivity contribution in [2.75, 3.05) is 13.1 Å². The zero-order valence-electron chi connectivity index (χ0n) is 10.2. The minimum Gasteiger partial charge on any atom is -0.368 e. The number of halogens is 1. The molecular formula is C12H16FN3O2. The minimum absolute atomic E-state index is 0.143. The Morgan fingerprint density at radius 1 is 1.44 bits per heavy atom. The lowest BCUT2D eigenvalue weighted by atomic mass is 10.2. The highest BCUT2D eigenvalue weighted by Crippen LogP contribution is 2.06. The van der Waals surface area contributed by atoms with Crippen molar-refractivity contribution in [1.82, 2.24) is 9.88 Å². The van der Waals surface area contributed by atoms with Gasteiger partial charge < -0.3 is 10.6 Å². The van der Waals surface area contributed by atoms with Gasteiger partial charge in [0.2, 0.25) is 11.9 Å². The van der Waals surface area contributed by atoms with Crippen LogP contribution in [0.2, 0.25) is 0 Å². The maximum absolute atomic E-state index is 12.7.